The minimum Gasteiger partial charge on any atom is -0.497 e. The van der Waals surface area contributed by atoms with Crippen molar-refractivity contribution in [2.75, 3.05) is 31.6 Å². The first-order valence-electron chi connectivity index (χ1n) is 12.0. The third-order valence-corrected chi connectivity index (χ3v) is 7.92. The van der Waals surface area contributed by atoms with Crippen LogP contribution in [0.25, 0.3) is 0 Å². The van der Waals surface area contributed by atoms with Gasteiger partial charge >= 0.3 is 0 Å². The Balaban J connectivity index is 1.99. The first kappa shape index (κ1) is 27.7. The topological polar surface area (TPSA) is 96.0 Å². The van der Waals surface area contributed by atoms with Crippen LogP contribution in [0.2, 0.25) is 0 Å². The van der Waals surface area contributed by atoms with Crippen LogP contribution in [-0.2, 0) is 26.0 Å². The largest absolute Gasteiger partial charge is 0.497 e. The second-order valence-electron chi connectivity index (χ2n) is 8.64. The summed E-state index contributed by atoms with van der Waals surface area (Å²) in [7, 11) is -1.12. The number of carbonyl (C=O) groups is 2. The molecule has 0 fully saturated rings. The maximum Gasteiger partial charge on any atom is 0.264 e. The lowest BCUT2D eigenvalue weighted by atomic mass is 10.1. The molecular formula is C28H33N3O5S. The zero-order chi connectivity index (χ0) is 27.0. The highest BCUT2D eigenvalue weighted by molar-refractivity contribution is 7.92. The van der Waals surface area contributed by atoms with E-state index in [1.165, 1.54) is 31.2 Å². The molecule has 0 radical (unpaired) electrons. The molecule has 8 nitrogen and oxygen atoms in total. The summed E-state index contributed by atoms with van der Waals surface area (Å²) in [6.45, 7) is 3.25. The van der Waals surface area contributed by atoms with Crippen molar-refractivity contribution in [3.8, 4) is 5.75 Å². The van der Waals surface area contributed by atoms with E-state index in [1.54, 1.807) is 43.3 Å². The van der Waals surface area contributed by atoms with Gasteiger partial charge in [0, 0.05) is 19.7 Å². The predicted octanol–water partition coefficient (Wildman–Crippen LogP) is 3.40. The predicted molar refractivity (Wildman–Crippen MR) is 144 cm³/mol. The molecule has 3 aromatic carbocycles. The lowest BCUT2D eigenvalue weighted by molar-refractivity contribution is -0.138. The molecule has 37 heavy (non-hydrogen) atoms. The molecule has 196 valence electrons. The van der Waals surface area contributed by atoms with Gasteiger partial charge in [0.2, 0.25) is 11.8 Å². The van der Waals surface area contributed by atoms with Crippen LogP contribution in [0.15, 0.2) is 83.8 Å². The summed E-state index contributed by atoms with van der Waals surface area (Å²) in [5, 5.41) is 2.58. The highest BCUT2D eigenvalue weighted by Crippen LogP contribution is 2.27. The Labute approximate surface area is 218 Å². The van der Waals surface area contributed by atoms with Crippen molar-refractivity contribution < 1.29 is 22.7 Å². The first-order valence-corrected chi connectivity index (χ1v) is 13.4. The summed E-state index contributed by atoms with van der Waals surface area (Å²) < 4.78 is 33.9. The summed E-state index contributed by atoms with van der Waals surface area (Å²) in [4.78, 5) is 27.7. The van der Waals surface area contributed by atoms with E-state index >= 15 is 0 Å². The van der Waals surface area contributed by atoms with Crippen molar-refractivity contribution in [1.29, 1.82) is 0 Å². The van der Waals surface area contributed by atoms with Crippen LogP contribution < -0.4 is 14.4 Å². The number of aryl methyl sites for hydroxylation is 1. The van der Waals surface area contributed by atoms with Crippen molar-refractivity contribution in [1.82, 2.24) is 10.2 Å². The normalized spacial score (nSPS) is 11.9. The van der Waals surface area contributed by atoms with Crippen LogP contribution in [-0.4, -0.2) is 58.4 Å². The van der Waals surface area contributed by atoms with E-state index < -0.39 is 28.5 Å². The fourth-order valence-electron chi connectivity index (χ4n) is 3.91. The van der Waals surface area contributed by atoms with Gasteiger partial charge in [0.05, 0.1) is 17.7 Å². The first-order chi connectivity index (χ1) is 17.7. The minimum atomic E-state index is -4.11. The second kappa shape index (κ2) is 12.4. The fraction of sp³-hybridized carbons (Fsp3) is 0.286. The van der Waals surface area contributed by atoms with Crippen molar-refractivity contribution >= 4 is 27.5 Å². The molecule has 0 aliphatic carbocycles. The van der Waals surface area contributed by atoms with Gasteiger partial charge in [0.25, 0.3) is 10.0 Å². The summed E-state index contributed by atoms with van der Waals surface area (Å²) >= 11 is 0. The smallest absolute Gasteiger partial charge is 0.264 e. The van der Waals surface area contributed by atoms with Gasteiger partial charge in [-0.25, -0.2) is 8.42 Å². The van der Waals surface area contributed by atoms with E-state index in [2.05, 4.69) is 5.32 Å². The van der Waals surface area contributed by atoms with E-state index in [1.807, 2.05) is 37.3 Å². The Morgan fingerprint density at radius 2 is 1.65 bits per heavy atom. The van der Waals surface area contributed by atoms with Gasteiger partial charge in [-0.15, -0.1) is 0 Å². The Kier molecular flexibility index (Phi) is 9.30. The molecule has 0 aromatic heterocycles. The van der Waals surface area contributed by atoms with Gasteiger partial charge in [0.15, 0.2) is 0 Å². The highest BCUT2D eigenvalue weighted by atomic mass is 32.2. The average Bonchev–Trinajstić information content (AvgIpc) is 2.91. The SMILES string of the molecule is CNC(=O)[C@H](C)N(CCc1ccccc1)C(=O)CN(c1cccc(OC)c1)S(=O)(=O)c1ccc(C)cc1. The van der Waals surface area contributed by atoms with Crippen LogP contribution in [0.1, 0.15) is 18.1 Å². The van der Waals surface area contributed by atoms with Crippen LogP contribution in [0.5, 0.6) is 5.75 Å². The zero-order valence-electron chi connectivity index (χ0n) is 21.5. The van der Waals surface area contributed by atoms with E-state index in [0.717, 1.165) is 15.4 Å². The van der Waals surface area contributed by atoms with Gasteiger partial charge < -0.3 is 15.0 Å². The number of methoxy groups -OCH3 is 1. The van der Waals surface area contributed by atoms with E-state index in [0.29, 0.717) is 12.2 Å². The van der Waals surface area contributed by atoms with Crippen molar-refractivity contribution in [3.63, 3.8) is 0 Å². The molecular weight excluding hydrogens is 490 g/mol. The van der Waals surface area contributed by atoms with Crippen LogP contribution in [0.4, 0.5) is 5.69 Å². The molecule has 3 rings (SSSR count). The average molecular weight is 524 g/mol. The molecule has 0 bridgehead atoms. The molecule has 0 saturated heterocycles. The molecule has 0 aliphatic heterocycles. The van der Waals surface area contributed by atoms with Crippen molar-refractivity contribution in [3.05, 3.63) is 90.0 Å². The fourth-order valence-corrected chi connectivity index (χ4v) is 5.32. The van der Waals surface area contributed by atoms with Crippen LogP contribution in [0, 0.1) is 6.92 Å². The molecule has 1 atom stereocenters. The number of hydrogen-bond donors (Lipinski definition) is 1. The number of benzene rings is 3. The lowest BCUT2D eigenvalue weighted by Crippen LogP contribution is -2.51. The molecule has 2 amide bonds. The number of hydrogen-bond acceptors (Lipinski definition) is 5. The number of anilines is 1. The molecule has 3 aromatic rings. The monoisotopic (exact) mass is 523 g/mol. The van der Waals surface area contributed by atoms with Gasteiger partial charge in [-0.05, 0) is 50.1 Å². The van der Waals surface area contributed by atoms with E-state index in [4.69, 9.17) is 4.74 Å². The summed E-state index contributed by atoms with van der Waals surface area (Å²) in [6, 6.07) is 21.8. The number of ether oxygens (including phenoxy) is 1. The third-order valence-electron chi connectivity index (χ3n) is 6.13. The molecule has 9 heteroatoms. The van der Waals surface area contributed by atoms with Crippen molar-refractivity contribution in [2.24, 2.45) is 0 Å². The minimum absolute atomic E-state index is 0.0592. The van der Waals surface area contributed by atoms with Crippen molar-refractivity contribution in [2.45, 2.75) is 31.2 Å². The number of amides is 2. The number of sulfonamides is 1. The summed E-state index contributed by atoms with van der Waals surface area (Å²) in [6.07, 6.45) is 0.512. The van der Waals surface area contributed by atoms with Crippen LogP contribution in [0.3, 0.4) is 0 Å². The van der Waals surface area contributed by atoms with Crippen LogP contribution >= 0.6 is 0 Å². The molecule has 0 spiro atoms. The Morgan fingerprint density at radius 3 is 2.27 bits per heavy atom. The van der Waals surface area contributed by atoms with Gasteiger partial charge in [-0.1, -0.05) is 54.1 Å². The Hall–Kier alpha value is -3.85. The van der Waals surface area contributed by atoms with E-state index in [9.17, 15) is 18.0 Å². The number of rotatable bonds is 11. The molecule has 0 aliphatic rings. The van der Waals surface area contributed by atoms with Gasteiger partial charge in [0.1, 0.15) is 18.3 Å². The lowest BCUT2D eigenvalue weighted by Gasteiger charge is -2.31. The number of nitrogens with one attached hydrogen (secondary N) is 1. The molecule has 0 saturated carbocycles. The standard InChI is InChI=1S/C28H33N3O5S/c1-21-13-15-26(16-14-21)37(34,35)31(24-11-8-12-25(19-24)36-4)20-27(32)30(22(2)28(33)29-3)18-17-23-9-6-5-7-10-23/h5-16,19,22H,17-18,20H2,1-4H3,(H,29,33)/t22-/m0/s1. The quantitative estimate of drug-likeness (QED) is 0.416. The maximum absolute atomic E-state index is 13.8. The summed E-state index contributed by atoms with van der Waals surface area (Å²) in [5.74, 6) is -0.380. The Bertz CT molecular complexity index is 1310. The number of likely N-dealkylation sites (N-methyl/N-ethyl adjacent to an activating group) is 1. The summed E-state index contributed by atoms with van der Waals surface area (Å²) in [5.41, 5.74) is 2.19. The van der Waals surface area contributed by atoms with Gasteiger partial charge in [-0.3, -0.25) is 13.9 Å². The maximum atomic E-state index is 13.8. The Morgan fingerprint density at radius 1 is 0.973 bits per heavy atom. The van der Waals surface area contributed by atoms with Gasteiger partial charge in [-0.2, -0.15) is 0 Å². The third kappa shape index (κ3) is 6.89. The molecule has 0 heterocycles. The highest BCUT2D eigenvalue weighted by Gasteiger charge is 2.32. The molecule has 1 N–H and O–H groups in total. The second-order valence-corrected chi connectivity index (χ2v) is 10.5. The van der Waals surface area contributed by atoms with E-state index in [-0.39, 0.29) is 23.0 Å². The zero-order valence-corrected chi connectivity index (χ0v) is 22.4. The number of nitrogens with zero attached hydrogens (tertiary/aromatic N) is 2. The number of carbonyl (C=O) groups excluding carboxylic acids is 2. The molecule has 0 unspecified atom stereocenters.